The minimum atomic E-state index is -1.45. The molecule has 8 heteroatoms. The molecule has 1 aliphatic rings. The fourth-order valence-corrected chi connectivity index (χ4v) is 3.51. The van der Waals surface area contributed by atoms with Crippen LogP contribution >= 0.6 is 12.4 Å². The smallest absolute Gasteiger partial charge is 0.407 e. The number of hydrogen-bond donors (Lipinski definition) is 2. The fourth-order valence-electron chi connectivity index (χ4n) is 3.51. The van der Waals surface area contributed by atoms with Gasteiger partial charge in [-0.25, -0.2) is 9.59 Å². The molecule has 0 spiro atoms. The Bertz CT molecular complexity index is 888. The molecule has 2 atom stereocenters. The van der Waals surface area contributed by atoms with E-state index < -0.39 is 29.9 Å². The minimum Gasteiger partial charge on any atom is -0.464 e. The van der Waals surface area contributed by atoms with Crippen molar-refractivity contribution in [2.45, 2.75) is 31.8 Å². The lowest BCUT2D eigenvalue weighted by molar-refractivity contribution is -0.147. The van der Waals surface area contributed by atoms with Gasteiger partial charge in [0.1, 0.15) is 6.61 Å². The van der Waals surface area contributed by atoms with Crippen LogP contribution in [0.25, 0.3) is 11.1 Å². The molecule has 0 aliphatic heterocycles. The van der Waals surface area contributed by atoms with Gasteiger partial charge in [-0.3, -0.25) is 4.79 Å². The van der Waals surface area contributed by atoms with E-state index in [9.17, 15) is 14.4 Å². The molecule has 30 heavy (non-hydrogen) atoms. The average Bonchev–Trinajstić information content (AvgIpc) is 3.05. The van der Waals surface area contributed by atoms with Crippen LogP contribution in [0.15, 0.2) is 48.5 Å². The van der Waals surface area contributed by atoms with Crippen LogP contribution in [0.5, 0.6) is 0 Å². The van der Waals surface area contributed by atoms with Gasteiger partial charge < -0.3 is 20.5 Å². The maximum atomic E-state index is 12.2. The summed E-state index contributed by atoms with van der Waals surface area (Å²) in [6, 6.07) is 13.6. The lowest BCUT2D eigenvalue weighted by atomic mass is 9.98. The number of amides is 1. The van der Waals surface area contributed by atoms with Crippen molar-refractivity contribution in [3.63, 3.8) is 0 Å². The molecule has 7 nitrogen and oxygen atoms in total. The van der Waals surface area contributed by atoms with Crippen molar-refractivity contribution < 1.29 is 23.9 Å². The van der Waals surface area contributed by atoms with E-state index in [4.69, 9.17) is 15.2 Å². The van der Waals surface area contributed by atoms with Gasteiger partial charge in [0.25, 0.3) is 0 Å². The van der Waals surface area contributed by atoms with Crippen molar-refractivity contribution in [3.8, 4) is 11.1 Å². The summed E-state index contributed by atoms with van der Waals surface area (Å²) >= 11 is 0. The highest BCUT2D eigenvalue weighted by molar-refractivity contribution is 6.06. The summed E-state index contributed by atoms with van der Waals surface area (Å²) in [6.45, 7) is 3.31. The van der Waals surface area contributed by atoms with E-state index in [0.717, 1.165) is 22.3 Å². The summed E-state index contributed by atoms with van der Waals surface area (Å²) in [5.74, 6) is -1.54. The van der Waals surface area contributed by atoms with E-state index in [-0.39, 0.29) is 31.5 Å². The second kappa shape index (κ2) is 10.2. The zero-order valence-electron chi connectivity index (χ0n) is 16.8. The van der Waals surface area contributed by atoms with Crippen LogP contribution in [0.3, 0.4) is 0 Å². The predicted octanol–water partition coefficient (Wildman–Crippen LogP) is 2.79. The summed E-state index contributed by atoms with van der Waals surface area (Å²) in [4.78, 5) is 36.0. The number of carbonyl (C=O) groups is 3. The van der Waals surface area contributed by atoms with Crippen LogP contribution in [-0.2, 0) is 19.1 Å². The first-order valence-corrected chi connectivity index (χ1v) is 9.51. The SMILES string of the molecule is CCOC(=O)C(N)C(=O)[C@H](C)NC(=O)OCC1c2ccccc2-c2ccccc21.Cl. The van der Waals surface area contributed by atoms with Crippen LogP contribution < -0.4 is 11.1 Å². The van der Waals surface area contributed by atoms with Gasteiger partial charge in [0.2, 0.25) is 0 Å². The Kier molecular flexibility index (Phi) is 7.97. The monoisotopic (exact) mass is 432 g/mol. The Balaban J connectivity index is 0.00000320. The lowest BCUT2D eigenvalue weighted by Gasteiger charge is -2.18. The van der Waals surface area contributed by atoms with E-state index in [2.05, 4.69) is 5.32 Å². The first-order valence-electron chi connectivity index (χ1n) is 9.51. The average molecular weight is 433 g/mol. The number of benzene rings is 2. The van der Waals surface area contributed by atoms with Crippen molar-refractivity contribution >= 4 is 30.3 Å². The molecule has 160 valence electrons. The molecule has 3 N–H and O–H groups in total. The topological polar surface area (TPSA) is 108 Å². The standard InChI is InChI=1S/C22H24N2O5.ClH/c1-3-28-21(26)19(23)20(25)13(2)24-22(27)29-12-18-16-10-6-4-8-14(16)15-9-5-7-11-17(15)18;/h4-11,13,18-19H,3,12,23H2,1-2H3,(H,24,27);1H/t13-,19?;/m0./s1. The number of halogens is 1. The second-order valence-corrected chi connectivity index (χ2v) is 6.82. The summed E-state index contributed by atoms with van der Waals surface area (Å²) in [6.07, 6.45) is -0.747. The largest absolute Gasteiger partial charge is 0.464 e. The summed E-state index contributed by atoms with van der Waals surface area (Å²) in [5, 5.41) is 2.43. The van der Waals surface area contributed by atoms with E-state index in [0.29, 0.717) is 0 Å². The summed E-state index contributed by atoms with van der Waals surface area (Å²) < 4.78 is 10.1. The highest BCUT2D eigenvalue weighted by atomic mass is 35.5. The number of rotatable bonds is 7. The number of hydrogen-bond acceptors (Lipinski definition) is 6. The molecule has 0 saturated carbocycles. The first kappa shape index (κ1) is 23.4. The predicted molar refractivity (Wildman–Crippen MR) is 115 cm³/mol. The number of carbonyl (C=O) groups excluding carboxylic acids is 3. The normalized spacial score (nSPS) is 13.8. The van der Waals surface area contributed by atoms with Crippen LogP contribution in [0.2, 0.25) is 0 Å². The highest BCUT2D eigenvalue weighted by Gasteiger charge is 2.31. The number of alkyl carbamates (subject to hydrolysis) is 1. The zero-order valence-corrected chi connectivity index (χ0v) is 17.6. The van der Waals surface area contributed by atoms with E-state index in [1.54, 1.807) is 6.92 Å². The van der Waals surface area contributed by atoms with Crippen molar-refractivity contribution in [2.75, 3.05) is 13.2 Å². The van der Waals surface area contributed by atoms with Crippen LogP contribution in [0, 0.1) is 0 Å². The molecule has 0 bridgehead atoms. The third-order valence-corrected chi connectivity index (χ3v) is 4.95. The number of esters is 1. The molecule has 1 aliphatic carbocycles. The summed E-state index contributed by atoms with van der Waals surface area (Å²) in [5.41, 5.74) is 10.0. The fraction of sp³-hybridized carbons (Fsp3) is 0.318. The number of nitrogens with one attached hydrogen (secondary N) is 1. The molecular weight excluding hydrogens is 408 g/mol. The van der Waals surface area contributed by atoms with Gasteiger partial charge in [-0.2, -0.15) is 0 Å². The minimum absolute atomic E-state index is 0. The maximum absolute atomic E-state index is 12.2. The lowest BCUT2D eigenvalue weighted by Crippen LogP contribution is -2.50. The Hall–Kier alpha value is -2.90. The molecule has 3 rings (SSSR count). The number of fused-ring (bicyclic) bond motifs is 3. The van der Waals surface area contributed by atoms with E-state index in [1.807, 2.05) is 48.5 Å². The number of Topliss-reactive ketones (excluding diaryl/α,β-unsaturated/α-hetero) is 1. The molecule has 0 heterocycles. The van der Waals surface area contributed by atoms with Gasteiger partial charge in [0, 0.05) is 5.92 Å². The van der Waals surface area contributed by atoms with Crippen molar-refractivity contribution in [2.24, 2.45) is 5.73 Å². The molecule has 0 saturated heterocycles. The number of ether oxygens (including phenoxy) is 2. The van der Waals surface area contributed by atoms with Gasteiger partial charge in [-0.15, -0.1) is 12.4 Å². The molecule has 1 unspecified atom stereocenters. The number of nitrogens with two attached hydrogens (primary N) is 1. The Morgan fingerprint density at radius 1 is 1.00 bits per heavy atom. The van der Waals surface area contributed by atoms with E-state index in [1.165, 1.54) is 6.92 Å². The quantitative estimate of drug-likeness (QED) is 0.514. The highest BCUT2D eigenvalue weighted by Crippen LogP contribution is 2.44. The van der Waals surface area contributed by atoms with E-state index >= 15 is 0 Å². The Morgan fingerprint density at radius 3 is 2.07 bits per heavy atom. The number of ketones is 1. The van der Waals surface area contributed by atoms with Gasteiger partial charge in [0.15, 0.2) is 11.8 Å². The zero-order chi connectivity index (χ0) is 21.0. The van der Waals surface area contributed by atoms with Crippen LogP contribution in [0.4, 0.5) is 4.79 Å². The van der Waals surface area contributed by atoms with Gasteiger partial charge >= 0.3 is 12.1 Å². The molecule has 2 aromatic carbocycles. The Labute approximate surface area is 181 Å². The van der Waals surface area contributed by atoms with Crippen molar-refractivity contribution in [1.29, 1.82) is 0 Å². The molecule has 0 fully saturated rings. The third-order valence-electron chi connectivity index (χ3n) is 4.95. The van der Waals surface area contributed by atoms with Gasteiger partial charge in [0.05, 0.1) is 12.6 Å². The summed E-state index contributed by atoms with van der Waals surface area (Å²) in [7, 11) is 0. The van der Waals surface area contributed by atoms with Crippen LogP contribution in [-0.4, -0.2) is 43.1 Å². The first-order chi connectivity index (χ1) is 13.9. The molecule has 2 aromatic rings. The van der Waals surface area contributed by atoms with Crippen molar-refractivity contribution in [1.82, 2.24) is 5.32 Å². The third kappa shape index (κ3) is 4.80. The van der Waals surface area contributed by atoms with Gasteiger partial charge in [-0.1, -0.05) is 48.5 Å². The maximum Gasteiger partial charge on any atom is 0.407 e. The molecule has 1 amide bonds. The van der Waals surface area contributed by atoms with Crippen molar-refractivity contribution in [3.05, 3.63) is 59.7 Å². The molecule has 0 radical (unpaired) electrons. The Morgan fingerprint density at radius 2 is 1.53 bits per heavy atom. The molecule has 0 aromatic heterocycles. The van der Waals surface area contributed by atoms with Crippen LogP contribution in [0.1, 0.15) is 30.9 Å². The van der Waals surface area contributed by atoms with Gasteiger partial charge in [-0.05, 0) is 36.1 Å². The second-order valence-electron chi connectivity index (χ2n) is 6.82. The molecular formula is C22H25ClN2O5.